The minimum absolute atomic E-state index is 0.0416. The molecule has 84 valence electrons. The molecule has 17 heavy (non-hydrogen) atoms. The molecule has 1 aliphatic heterocycles. The topological polar surface area (TPSA) is 36.7 Å². The highest BCUT2D eigenvalue weighted by Crippen LogP contribution is 2.36. The summed E-state index contributed by atoms with van der Waals surface area (Å²) in [5, 5.41) is 11.2. The molecule has 2 nitrogen and oxygen atoms in total. The fourth-order valence-electron chi connectivity index (χ4n) is 2.17. The molecule has 1 aliphatic rings. The first-order chi connectivity index (χ1) is 8.30. The van der Waals surface area contributed by atoms with E-state index in [4.69, 9.17) is 5.26 Å². The summed E-state index contributed by atoms with van der Waals surface area (Å²) < 4.78 is 0. The number of hydrogen-bond acceptors (Lipinski definition) is 3. The largest absolute Gasteiger partial charge is 0.241 e. The molecule has 0 saturated carbocycles. The van der Waals surface area contributed by atoms with Gasteiger partial charge in [0.1, 0.15) is 10.3 Å². The molecule has 0 radical (unpaired) electrons. The highest BCUT2D eigenvalue weighted by Gasteiger charge is 2.23. The van der Waals surface area contributed by atoms with E-state index >= 15 is 0 Å². The van der Waals surface area contributed by atoms with Gasteiger partial charge in [0.15, 0.2) is 0 Å². The van der Waals surface area contributed by atoms with Crippen LogP contribution in [0.25, 0.3) is 10.9 Å². The Hall–Kier alpha value is -1.53. The SMILES string of the molecule is CCc1ccc2nc3c(cc2c1)CC(C#N)S3. The van der Waals surface area contributed by atoms with Gasteiger partial charge in [-0.3, -0.25) is 0 Å². The van der Waals surface area contributed by atoms with Crippen molar-refractivity contribution in [2.75, 3.05) is 0 Å². The van der Waals surface area contributed by atoms with Crippen LogP contribution in [0.2, 0.25) is 0 Å². The van der Waals surface area contributed by atoms with Crippen molar-refractivity contribution >= 4 is 22.7 Å². The maximum absolute atomic E-state index is 8.96. The average molecular weight is 240 g/mol. The molecular weight excluding hydrogens is 228 g/mol. The Morgan fingerprint density at radius 3 is 3.12 bits per heavy atom. The summed E-state index contributed by atoms with van der Waals surface area (Å²) in [5.41, 5.74) is 3.59. The first-order valence-corrected chi connectivity index (χ1v) is 6.67. The van der Waals surface area contributed by atoms with Crippen molar-refractivity contribution < 1.29 is 0 Å². The zero-order valence-corrected chi connectivity index (χ0v) is 10.4. The molecule has 1 unspecified atom stereocenters. The van der Waals surface area contributed by atoms with Gasteiger partial charge < -0.3 is 0 Å². The van der Waals surface area contributed by atoms with Crippen LogP contribution in [0.3, 0.4) is 0 Å². The Bertz CT molecular complexity index is 628. The normalized spacial score (nSPS) is 18.0. The molecule has 0 spiro atoms. The Labute approximate surface area is 105 Å². The lowest BCUT2D eigenvalue weighted by Gasteiger charge is -2.03. The lowest BCUT2D eigenvalue weighted by Crippen LogP contribution is -1.94. The van der Waals surface area contributed by atoms with Crippen molar-refractivity contribution in [3.8, 4) is 6.07 Å². The average Bonchev–Trinajstić information content (AvgIpc) is 2.77. The number of hydrogen-bond donors (Lipinski definition) is 0. The summed E-state index contributed by atoms with van der Waals surface area (Å²) >= 11 is 1.59. The third-order valence-electron chi connectivity index (χ3n) is 3.13. The van der Waals surface area contributed by atoms with E-state index in [2.05, 4.69) is 42.2 Å². The number of thioether (sulfide) groups is 1. The molecule has 0 amide bonds. The van der Waals surface area contributed by atoms with E-state index in [1.54, 1.807) is 11.8 Å². The second-order valence-electron chi connectivity index (χ2n) is 4.27. The molecule has 3 heteroatoms. The third-order valence-corrected chi connectivity index (χ3v) is 4.26. The lowest BCUT2D eigenvalue weighted by atomic mass is 10.1. The number of fused-ring (bicyclic) bond motifs is 2. The van der Waals surface area contributed by atoms with Gasteiger partial charge in [-0.25, -0.2) is 4.98 Å². The fourth-order valence-corrected chi connectivity index (χ4v) is 3.20. The van der Waals surface area contributed by atoms with Gasteiger partial charge >= 0.3 is 0 Å². The van der Waals surface area contributed by atoms with Crippen LogP contribution in [-0.2, 0) is 12.8 Å². The monoisotopic (exact) mass is 240 g/mol. The molecule has 0 fully saturated rings. The molecule has 2 heterocycles. The molecule has 0 saturated heterocycles. The Morgan fingerprint density at radius 2 is 2.35 bits per heavy atom. The Morgan fingerprint density at radius 1 is 1.47 bits per heavy atom. The Kier molecular flexibility index (Phi) is 2.53. The summed E-state index contributed by atoms with van der Waals surface area (Å²) in [6.07, 6.45) is 1.87. The molecule has 0 bridgehead atoms. The van der Waals surface area contributed by atoms with Gasteiger partial charge in [0.05, 0.1) is 11.6 Å². The number of aromatic nitrogens is 1. The van der Waals surface area contributed by atoms with Crippen LogP contribution in [0.15, 0.2) is 29.3 Å². The minimum atomic E-state index is 0.0416. The van der Waals surface area contributed by atoms with E-state index in [-0.39, 0.29) is 5.25 Å². The van der Waals surface area contributed by atoms with Crippen molar-refractivity contribution in [1.82, 2.24) is 4.98 Å². The number of nitrogens with zero attached hydrogens (tertiary/aromatic N) is 2. The lowest BCUT2D eigenvalue weighted by molar-refractivity contribution is 1.02. The smallest absolute Gasteiger partial charge is 0.102 e. The van der Waals surface area contributed by atoms with Gasteiger partial charge in [-0.2, -0.15) is 5.26 Å². The van der Waals surface area contributed by atoms with E-state index in [0.717, 1.165) is 23.4 Å². The zero-order valence-electron chi connectivity index (χ0n) is 9.60. The van der Waals surface area contributed by atoms with Gasteiger partial charge in [0.25, 0.3) is 0 Å². The van der Waals surface area contributed by atoms with Gasteiger partial charge in [-0.1, -0.05) is 24.8 Å². The van der Waals surface area contributed by atoms with Crippen LogP contribution in [0.5, 0.6) is 0 Å². The second-order valence-corrected chi connectivity index (χ2v) is 5.46. The van der Waals surface area contributed by atoms with Crippen molar-refractivity contribution in [3.63, 3.8) is 0 Å². The second kappa shape index (κ2) is 4.05. The zero-order chi connectivity index (χ0) is 11.8. The minimum Gasteiger partial charge on any atom is -0.241 e. The molecule has 2 aromatic rings. The van der Waals surface area contributed by atoms with Gasteiger partial charge in [-0.05, 0) is 35.7 Å². The molecule has 1 aromatic heterocycles. The van der Waals surface area contributed by atoms with Crippen molar-refractivity contribution in [2.45, 2.75) is 30.0 Å². The predicted octanol–water partition coefficient (Wildman–Crippen LogP) is 3.34. The first-order valence-electron chi connectivity index (χ1n) is 5.79. The Balaban J connectivity index is 2.14. The molecule has 1 atom stereocenters. The number of benzene rings is 1. The van der Waals surface area contributed by atoms with E-state index in [1.165, 1.54) is 16.5 Å². The predicted molar refractivity (Wildman–Crippen MR) is 70.1 cm³/mol. The van der Waals surface area contributed by atoms with Crippen LogP contribution >= 0.6 is 11.8 Å². The molecular formula is C14H12N2S. The number of nitriles is 1. The molecule has 1 aromatic carbocycles. The number of aryl methyl sites for hydroxylation is 1. The molecule has 0 aliphatic carbocycles. The highest BCUT2D eigenvalue weighted by molar-refractivity contribution is 8.00. The molecule has 0 N–H and O–H groups in total. The summed E-state index contributed by atoms with van der Waals surface area (Å²) in [6, 6.07) is 10.9. The van der Waals surface area contributed by atoms with Crippen LogP contribution < -0.4 is 0 Å². The maximum atomic E-state index is 8.96. The van der Waals surface area contributed by atoms with Crippen LogP contribution in [0, 0.1) is 11.3 Å². The van der Waals surface area contributed by atoms with Crippen molar-refractivity contribution in [3.05, 3.63) is 35.4 Å². The summed E-state index contributed by atoms with van der Waals surface area (Å²) in [7, 11) is 0. The van der Waals surface area contributed by atoms with Crippen LogP contribution in [-0.4, -0.2) is 10.2 Å². The summed E-state index contributed by atoms with van der Waals surface area (Å²) in [4.78, 5) is 4.64. The summed E-state index contributed by atoms with van der Waals surface area (Å²) in [6.45, 7) is 2.16. The fraction of sp³-hybridized carbons (Fsp3) is 0.286. The van der Waals surface area contributed by atoms with E-state index < -0.39 is 0 Å². The number of rotatable bonds is 1. The van der Waals surface area contributed by atoms with E-state index in [9.17, 15) is 0 Å². The van der Waals surface area contributed by atoms with Gasteiger partial charge in [0.2, 0.25) is 0 Å². The highest BCUT2D eigenvalue weighted by atomic mass is 32.2. The quantitative estimate of drug-likeness (QED) is 0.767. The van der Waals surface area contributed by atoms with E-state index in [0.29, 0.717) is 0 Å². The third kappa shape index (κ3) is 1.79. The maximum Gasteiger partial charge on any atom is 0.102 e. The first kappa shape index (κ1) is 10.6. The van der Waals surface area contributed by atoms with Gasteiger partial charge in [0, 0.05) is 11.8 Å². The van der Waals surface area contributed by atoms with Crippen molar-refractivity contribution in [1.29, 1.82) is 5.26 Å². The standard InChI is InChI=1S/C14H12N2S/c1-2-9-3-4-13-10(5-9)6-11-7-12(8-15)17-14(11)16-13/h3-6,12H,2,7H2,1H3. The van der Waals surface area contributed by atoms with Crippen LogP contribution in [0.1, 0.15) is 18.1 Å². The molecule has 3 rings (SSSR count). The van der Waals surface area contributed by atoms with Crippen molar-refractivity contribution in [2.24, 2.45) is 0 Å². The number of pyridine rings is 1. The van der Waals surface area contributed by atoms with Crippen LogP contribution in [0.4, 0.5) is 0 Å². The summed E-state index contributed by atoms with van der Waals surface area (Å²) in [5.74, 6) is 0. The van der Waals surface area contributed by atoms with E-state index in [1.807, 2.05) is 0 Å². The van der Waals surface area contributed by atoms with Gasteiger partial charge in [-0.15, -0.1) is 0 Å².